The van der Waals surface area contributed by atoms with Gasteiger partial charge in [-0.1, -0.05) is 17.7 Å². The van der Waals surface area contributed by atoms with Gasteiger partial charge in [-0.15, -0.1) is 12.4 Å². The molecule has 32 heavy (non-hydrogen) atoms. The molecule has 0 atom stereocenters. The molecule has 2 aromatic heterocycles. The van der Waals surface area contributed by atoms with E-state index < -0.39 is 21.3 Å². The first-order chi connectivity index (χ1) is 14.7. The molecule has 3 heterocycles. The monoisotopic (exact) mass is 478 g/mol. The summed E-state index contributed by atoms with van der Waals surface area (Å²) in [6.45, 7) is 3.45. The number of carbonyl (C=O) groups is 1. The lowest BCUT2D eigenvalue weighted by atomic mass is 10.0. The number of nitrogens with zero attached hydrogens (tertiary/aromatic N) is 2. The van der Waals surface area contributed by atoms with Gasteiger partial charge in [0.1, 0.15) is 5.52 Å². The number of amides is 1. The predicted molar refractivity (Wildman–Crippen MR) is 125 cm³/mol. The number of pyridine rings is 1. The molecule has 2 N–H and O–H groups in total. The van der Waals surface area contributed by atoms with Gasteiger partial charge in [-0.2, -0.15) is 0 Å². The Kier molecular flexibility index (Phi) is 6.83. The number of nitrogens with one attached hydrogen (secondary N) is 2. The van der Waals surface area contributed by atoms with Gasteiger partial charge in [0, 0.05) is 31.7 Å². The molecule has 3 aromatic rings. The molecule has 8 nitrogen and oxygen atoms in total. The Balaban J connectivity index is 0.00000289. The largest absolute Gasteiger partial charge is 0.357 e. The summed E-state index contributed by atoms with van der Waals surface area (Å²) in [5, 5.41) is 3.31. The average Bonchev–Trinajstić information content (AvgIpc) is 3.25. The third kappa shape index (κ3) is 3.96. The molecule has 1 fully saturated rings. The van der Waals surface area contributed by atoms with Crippen LogP contribution in [0.4, 0.5) is 0 Å². The predicted octanol–water partition coefficient (Wildman–Crippen LogP) is 2.25. The molecule has 1 aliphatic rings. The van der Waals surface area contributed by atoms with E-state index in [2.05, 4.69) is 10.3 Å². The second-order valence-corrected chi connectivity index (χ2v) is 9.89. The number of hydrogen-bond donors (Lipinski definition) is 2. The lowest BCUT2D eigenvalue weighted by molar-refractivity contribution is 0.0699. The highest BCUT2D eigenvalue weighted by molar-refractivity contribution is 7.91. The fourth-order valence-electron chi connectivity index (χ4n) is 4.18. The number of carbonyl (C=O) groups excluding carboxylic acids is 1. The molecule has 1 aliphatic heterocycles. The van der Waals surface area contributed by atoms with Crippen LogP contribution in [-0.2, 0) is 16.9 Å². The van der Waals surface area contributed by atoms with Crippen molar-refractivity contribution in [1.29, 1.82) is 0 Å². The van der Waals surface area contributed by atoms with Crippen molar-refractivity contribution >= 4 is 39.1 Å². The summed E-state index contributed by atoms with van der Waals surface area (Å²) in [5.41, 5.74) is 0.662. The van der Waals surface area contributed by atoms with Crippen LogP contribution in [0.5, 0.6) is 0 Å². The number of fused-ring (bicyclic) bond motifs is 1. The van der Waals surface area contributed by atoms with Gasteiger partial charge < -0.3 is 15.2 Å². The topological polar surface area (TPSA) is 104 Å². The van der Waals surface area contributed by atoms with Crippen LogP contribution in [0.1, 0.15) is 28.8 Å². The second kappa shape index (κ2) is 9.09. The molecule has 4 rings (SSSR count). The van der Waals surface area contributed by atoms with Crippen molar-refractivity contribution in [3.63, 3.8) is 0 Å². The van der Waals surface area contributed by atoms with E-state index >= 15 is 0 Å². The maximum atomic E-state index is 13.7. The minimum absolute atomic E-state index is 0. The van der Waals surface area contributed by atoms with Gasteiger partial charge in [-0.3, -0.25) is 14.2 Å². The van der Waals surface area contributed by atoms with Crippen LogP contribution in [0.2, 0.25) is 0 Å². The highest BCUT2D eigenvalue weighted by atomic mass is 35.5. The number of benzene rings is 1. The summed E-state index contributed by atoms with van der Waals surface area (Å²) in [7, 11) is -1.04. The fraction of sp³-hybridized carbons (Fsp3) is 0.364. The summed E-state index contributed by atoms with van der Waals surface area (Å²) >= 11 is 0. The standard InChI is InChI=1S/C22H26N4O4S.ClH/c1-14-4-6-16(7-5-14)31(29,30)22-18(17-10-13-24-19(17)21(28)26(22)3)20(27)25(2)15-8-11-23-12-9-15;/h4-7,10,13,15,23-24H,8-9,11-12H2,1-3H3;1H. The average molecular weight is 479 g/mol. The van der Waals surface area contributed by atoms with Crippen molar-refractivity contribution in [2.45, 2.75) is 35.7 Å². The number of halogens is 1. The van der Waals surface area contributed by atoms with Crippen molar-refractivity contribution in [1.82, 2.24) is 19.8 Å². The molecule has 0 bridgehead atoms. The van der Waals surface area contributed by atoms with Crippen molar-refractivity contribution in [2.75, 3.05) is 20.1 Å². The molecule has 0 radical (unpaired) electrons. The van der Waals surface area contributed by atoms with Crippen LogP contribution in [0.25, 0.3) is 10.9 Å². The van der Waals surface area contributed by atoms with Crippen molar-refractivity contribution in [3.8, 4) is 0 Å². The molecule has 0 saturated carbocycles. The first kappa shape index (κ1) is 24.0. The summed E-state index contributed by atoms with van der Waals surface area (Å²) < 4.78 is 28.4. The van der Waals surface area contributed by atoms with Crippen LogP contribution in [-0.4, -0.2) is 55.0 Å². The number of hydrogen-bond acceptors (Lipinski definition) is 5. The number of aryl methyl sites for hydroxylation is 1. The number of sulfone groups is 1. The Bertz CT molecular complexity index is 1310. The molecule has 1 saturated heterocycles. The highest BCUT2D eigenvalue weighted by Gasteiger charge is 2.34. The normalized spacial score (nSPS) is 14.8. The van der Waals surface area contributed by atoms with Crippen LogP contribution in [0, 0.1) is 6.92 Å². The quantitative estimate of drug-likeness (QED) is 0.598. The Hall–Kier alpha value is -2.62. The van der Waals surface area contributed by atoms with Gasteiger partial charge in [-0.05, 0) is 51.1 Å². The van der Waals surface area contributed by atoms with Crippen molar-refractivity contribution < 1.29 is 13.2 Å². The van der Waals surface area contributed by atoms with Gasteiger partial charge in [0.15, 0.2) is 5.03 Å². The molecule has 1 aromatic carbocycles. The smallest absolute Gasteiger partial charge is 0.275 e. The molecule has 1 amide bonds. The summed E-state index contributed by atoms with van der Waals surface area (Å²) in [4.78, 5) is 31.1. The maximum absolute atomic E-state index is 13.7. The number of aromatic nitrogens is 2. The molecule has 172 valence electrons. The zero-order chi connectivity index (χ0) is 22.3. The number of rotatable bonds is 4. The van der Waals surface area contributed by atoms with Gasteiger partial charge >= 0.3 is 0 Å². The molecule has 0 aliphatic carbocycles. The highest BCUT2D eigenvalue weighted by Crippen LogP contribution is 2.29. The number of H-pyrrole nitrogens is 1. The SMILES string of the molecule is Cc1ccc(S(=O)(=O)c2c(C(=O)N(C)C3CCNCC3)c3cc[nH]c3c(=O)n2C)cc1.Cl. The van der Waals surface area contributed by atoms with E-state index in [1.54, 1.807) is 36.3 Å². The van der Waals surface area contributed by atoms with Crippen LogP contribution in [0.3, 0.4) is 0 Å². The van der Waals surface area contributed by atoms with E-state index in [9.17, 15) is 18.0 Å². The van der Waals surface area contributed by atoms with E-state index in [0.717, 1.165) is 36.1 Å². The van der Waals surface area contributed by atoms with E-state index in [4.69, 9.17) is 0 Å². The van der Waals surface area contributed by atoms with Crippen LogP contribution in [0.15, 0.2) is 51.2 Å². The second-order valence-electron chi connectivity index (χ2n) is 8.02. The van der Waals surface area contributed by atoms with Crippen LogP contribution >= 0.6 is 12.4 Å². The van der Waals surface area contributed by atoms with E-state index in [1.807, 2.05) is 6.92 Å². The summed E-state index contributed by atoms with van der Waals surface area (Å²) in [6.07, 6.45) is 3.12. The van der Waals surface area contributed by atoms with Gasteiger partial charge in [0.2, 0.25) is 9.84 Å². The molecular weight excluding hydrogens is 452 g/mol. The first-order valence-electron chi connectivity index (χ1n) is 10.2. The van der Waals surface area contributed by atoms with Crippen molar-refractivity contribution in [2.24, 2.45) is 7.05 Å². The summed E-state index contributed by atoms with van der Waals surface area (Å²) in [6, 6.07) is 7.98. The van der Waals surface area contributed by atoms with Crippen LogP contribution < -0.4 is 10.9 Å². The first-order valence-corrected chi connectivity index (χ1v) is 11.7. The maximum Gasteiger partial charge on any atom is 0.275 e. The number of piperidine rings is 1. The molecule has 0 unspecified atom stereocenters. The van der Waals surface area contributed by atoms with Gasteiger partial charge in [0.05, 0.1) is 10.5 Å². The minimum Gasteiger partial charge on any atom is -0.357 e. The molecule has 10 heteroatoms. The Morgan fingerprint density at radius 3 is 2.38 bits per heavy atom. The Morgan fingerprint density at radius 1 is 1.12 bits per heavy atom. The third-order valence-electron chi connectivity index (χ3n) is 6.03. The molecule has 0 spiro atoms. The van der Waals surface area contributed by atoms with Gasteiger partial charge in [-0.25, -0.2) is 8.42 Å². The Morgan fingerprint density at radius 2 is 1.75 bits per heavy atom. The Labute approximate surface area is 192 Å². The summed E-state index contributed by atoms with van der Waals surface area (Å²) in [5.74, 6) is -0.405. The minimum atomic E-state index is -4.13. The molecular formula is C22H27ClN4O4S. The zero-order valence-corrected chi connectivity index (χ0v) is 19.8. The lowest BCUT2D eigenvalue weighted by Crippen LogP contribution is -2.44. The third-order valence-corrected chi connectivity index (χ3v) is 7.91. The number of aromatic amines is 1. The fourth-order valence-corrected chi connectivity index (χ4v) is 5.81. The van der Waals surface area contributed by atoms with Gasteiger partial charge in [0.25, 0.3) is 11.5 Å². The van der Waals surface area contributed by atoms with Crippen molar-refractivity contribution in [3.05, 3.63) is 58.0 Å². The lowest BCUT2D eigenvalue weighted by Gasteiger charge is -2.32. The zero-order valence-electron chi connectivity index (χ0n) is 18.2. The van der Waals surface area contributed by atoms with E-state index in [-0.39, 0.29) is 39.5 Å². The van der Waals surface area contributed by atoms with E-state index in [1.165, 1.54) is 19.2 Å². The van der Waals surface area contributed by atoms with E-state index in [0.29, 0.717) is 5.39 Å².